The zero-order chi connectivity index (χ0) is 15.5. The lowest BCUT2D eigenvalue weighted by Crippen LogP contribution is -2.32. The van der Waals surface area contributed by atoms with Gasteiger partial charge in [0.25, 0.3) is 0 Å². The molecule has 1 aromatic carbocycles. The van der Waals surface area contributed by atoms with E-state index in [0.29, 0.717) is 32.0 Å². The molecule has 1 aromatic rings. The molecule has 2 atom stereocenters. The van der Waals surface area contributed by atoms with Crippen LogP contribution in [0.3, 0.4) is 0 Å². The summed E-state index contributed by atoms with van der Waals surface area (Å²) in [7, 11) is -3.16. The quantitative estimate of drug-likeness (QED) is 0.860. The fourth-order valence-corrected chi connectivity index (χ4v) is 4.72. The predicted molar refractivity (Wildman–Crippen MR) is 93.8 cm³/mol. The lowest BCUT2D eigenvalue weighted by atomic mass is 9.89. The van der Waals surface area contributed by atoms with Gasteiger partial charge in [-0.05, 0) is 30.4 Å². The summed E-state index contributed by atoms with van der Waals surface area (Å²) < 4.78 is 26.6. The van der Waals surface area contributed by atoms with Crippen LogP contribution < -0.4 is 5.73 Å². The monoisotopic (exact) mass is 346 g/mol. The number of rotatable bonds is 6. The van der Waals surface area contributed by atoms with Crippen LogP contribution in [-0.4, -0.2) is 38.1 Å². The first-order valence-corrected chi connectivity index (χ1v) is 9.27. The van der Waals surface area contributed by atoms with Crippen molar-refractivity contribution < 1.29 is 8.42 Å². The van der Waals surface area contributed by atoms with Crippen molar-refractivity contribution in [3.8, 4) is 0 Å². The summed E-state index contributed by atoms with van der Waals surface area (Å²) in [6.07, 6.45) is 0.710. The summed E-state index contributed by atoms with van der Waals surface area (Å²) in [6.45, 7) is 5.74. The standard InChI is InChI=1S/C16H26N2O2S.ClH/c1-13(2)8-9-21(19,20)18-11-15(10-17)16(12-18)14-6-4-3-5-7-14;/h3-7,13,15-16H,8-12,17H2,1-2H3;1H/t15-,16+;/m1./s1. The molecule has 2 N–H and O–H groups in total. The maximum atomic E-state index is 12.5. The van der Waals surface area contributed by atoms with E-state index in [9.17, 15) is 8.42 Å². The number of sulfonamides is 1. The molecule has 0 unspecified atom stereocenters. The summed E-state index contributed by atoms with van der Waals surface area (Å²) in [5.41, 5.74) is 7.06. The van der Waals surface area contributed by atoms with Gasteiger partial charge in [0.05, 0.1) is 5.75 Å². The molecule has 0 aromatic heterocycles. The Balaban J connectivity index is 0.00000242. The highest BCUT2D eigenvalue weighted by Crippen LogP contribution is 2.33. The molecule has 1 fully saturated rings. The smallest absolute Gasteiger partial charge is 0.214 e. The van der Waals surface area contributed by atoms with Crippen molar-refractivity contribution in [3.63, 3.8) is 0 Å². The van der Waals surface area contributed by atoms with Crippen LogP contribution in [0.25, 0.3) is 0 Å². The van der Waals surface area contributed by atoms with Crippen LogP contribution >= 0.6 is 12.4 Å². The average molecular weight is 347 g/mol. The molecular weight excluding hydrogens is 320 g/mol. The highest BCUT2D eigenvalue weighted by Gasteiger charge is 2.38. The summed E-state index contributed by atoms with van der Waals surface area (Å²) in [4.78, 5) is 0. The molecule has 0 saturated carbocycles. The van der Waals surface area contributed by atoms with E-state index in [1.807, 2.05) is 18.2 Å². The Bertz CT molecular complexity index is 549. The molecule has 2 rings (SSSR count). The number of halogens is 1. The normalized spacial score (nSPS) is 22.7. The average Bonchev–Trinajstić information content (AvgIpc) is 2.91. The fourth-order valence-electron chi connectivity index (χ4n) is 2.89. The third-order valence-corrected chi connectivity index (χ3v) is 6.12. The van der Waals surface area contributed by atoms with Gasteiger partial charge in [-0.2, -0.15) is 0 Å². The minimum Gasteiger partial charge on any atom is -0.330 e. The van der Waals surface area contributed by atoms with E-state index in [-0.39, 0.29) is 30.0 Å². The minimum absolute atomic E-state index is 0. The zero-order valence-electron chi connectivity index (χ0n) is 13.3. The van der Waals surface area contributed by atoms with Crippen LogP contribution in [-0.2, 0) is 10.0 Å². The Morgan fingerprint density at radius 2 is 1.86 bits per heavy atom. The molecule has 1 saturated heterocycles. The van der Waals surface area contributed by atoms with Crippen LogP contribution in [0.4, 0.5) is 0 Å². The molecule has 0 aliphatic carbocycles. The second-order valence-corrected chi connectivity index (χ2v) is 8.42. The van der Waals surface area contributed by atoms with E-state index < -0.39 is 10.0 Å². The molecule has 0 amide bonds. The van der Waals surface area contributed by atoms with Gasteiger partial charge in [0.2, 0.25) is 10.0 Å². The molecule has 6 heteroatoms. The maximum absolute atomic E-state index is 12.5. The summed E-state index contributed by atoms with van der Waals surface area (Å²) in [5, 5.41) is 0. The van der Waals surface area contributed by atoms with E-state index in [1.165, 1.54) is 5.56 Å². The van der Waals surface area contributed by atoms with Crippen molar-refractivity contribution in [1.29, 1.82) is 0 Å². The van der Waals surface area contributed by atoms with Crippen molar-refractivity contribution in [2.45, 2.75) is 26.2 Å². The minimum atomic E-state index is -3.16. The molecule has 1 aliphatic heterocycles. The van der Waals surface area contributed by atoms with E-state index in [4.69, 9.17) is 5.73 Å². The van der Waals surface area contributed by atoms with Crippen molar-refractivity contribution in [2.75, 3.05) is 25.4 Å². The van der Waals surface area contributed by atoms with E-state index in [0.717, 1.165) is 0 Å². The molecule has 1 heterocycles. The van der Waals surface area contributed by atoms with E-state index in [2.05, 4.69) is 26.0 Å². The largest absolute Gasteiger partial charge is 0.330 e. The lowest BCUT2D eigenvalue weighted by Gasteiger charge is -2.17. The second-order valence-electron chi connectivity index (χ2n) is 6.33. The van der Waals surface area contributed by atoms with Gasteiger partial charge in [-0.25, -0.2) is 12.7 Å². The van der Waals surface area contributed by atoms with Crippen molar-refractivity contribution >= 4 is 22.4 Å². The summed E-state index contributed by atoms with van der Waals surface area (Å²) >= 11 is 0. The van der Waals surface area contributed by atoms with Gasteiger partial charge in [0.1, 0.15) is 0 Å². The first-order valence-electron chi connectivity index (χ1n) is 7.67. The SMILES string of the molecule is CC(C)CCS(=O)(=O)N1C[C@@H](CN)[C@H](c2ccccc2)C1.Cl. The summed E-state index contributed by atoms with van der Waals surface area (Å²) in [6, 6.07) is 10.1. The highest BCUT2D eigenvalue weighted by molar-refractivity contribution is 7.89. The molecule has 4 nitrogen and oxygen atoms in total. The van der Waals surface area contributed by atoms with Gasteiger partial charge < -0.3 is 5.73 Å². The third-order valence-electron chi connectivity index (χ3n) is 4.28. The Hall–Kier alpha value is -0.620. The molecule has 0 spiro atoms. The number of hydrogen-bond donors (Lipinski definition) is 1. The van der Waals surface area contributed by atoms with Crippen LogP contribution in [0.5, 0.6) is 0 Å². The Kier molecular flexibility index (Phi) is 7.32. The maximum Gasteiger partial charge on any atom is 0.214 e. The first-order chi connectivity index (χ1) is 9.94. The molecule has 126 valence electrons. The third kappa shape index (κ3) is 4.69. The Morgan fingerprint density at radius 3 is 2.41 bits per heavy atom. The topological polar surface area (TPSA) is 63.4 Å². The second kappa shape index (κ2) is 8.29. The number of nitrogens with two attached hydrogens (primary N) is 1. The van der Waals surface area contributed by atoms with Gasteiger partial charge in [-0.15, -0.1) is 12.4 Å². The van der Waals surface area contributed by atoms with Crippen molar-refractivity contribution in [1.82, 2.24) is 4.31 Å². The zero-order valence-corrected chi connectivity index (χ0v) is 14.9. The highest BCUT2D eigenvalue weighted by atomic mass is 35.5. The fraction of sp³-hybridized carbons (Fsp3) is 0.625. The predicted octanol–water partition coefficient (Wildman–Crippen LogP) is 2.46. The molecule has 22 heavy (non-hydrogen) atoms. The number of benzene rings is 1. The molecular formula is C16H27ClN2O2S. The molecule has 1 aliphatic rings. The van der Waals surface area contributed by atoms with Gasteiger partial charge in [0.15, 0.2) is 0 Å². The van der Waals surface area contributed by atoms with Crippen LogP contribution in [0.1, 0.15) is 31.7 Å². The van der Waals surface area contributed by atoms with Crippen LogP contribution in [0.15, 0.2) is 30.3 Å². The molecule has 0 radical (unpaired) electrons. The summed E-state index contributed by atoms with van der Waals surface area (Å²) in [5.74, 6) is 1.06. The number of nitrogens with zero attached hydrogens (tertiary/aromatic N) is 1. The van der Waals surface area contributed by atoms with E-state index in [1.54, 1.807) is 4.31 Å². The van der Waals surface area contributed by atoms with Crippen LogP contribution in [0, 0.1) is 11.8 Å². The Morgan fingerprint density at radius 1 is 1.23 bits per heavy atom. The van der Waals surface area contributed by atoms with Gasteiger partial charge in [-0.3, -0.25) is 0 Å². The van der Waals surface area contributed by atoms with Crippen LogP contribution in [0.2, 0.25) is 0 Å². The lowest BCUT2D eigenvalue weighted by molar-refractivity contribution is 0.454. The van der Waals surface area contributed by atoms with Gasteiger partial charge >= 0.3 is 0 Å². The Labute approximate surface area is 140 Å². The number of hydrogen-bond acceptors (Lipinski definition) is 3. The molecule has 0 bridgehead atoms. The van der Waals surface area contributed by atoms with Gasteiger partial charge in [0, 0.05) is 19.0 Å². The van der Waals surface area contributed by atoms with Gasteiger partial charge in [-0.1, -0.05) is 44.2 Å². The first kappa shape index (κ1) is 19.4. The van der Waals surface area contributed by atoms with Crippen molar-refractivity contribution in [3.05, 3.63) is 35.9 Å². The van der Waals surface area contributed by atoms with Crippen molar-refractivity contribution in [2.24, 2.45) is 17.6 Å². The van der Waals surface area contributed by atoms with E-state index >= 15 is 0 Å².